The highest BCUT2D eigenvalue weighted by Gasteiger charge is 2.01. The first-order chi connectivity index (χ1) is 8.29. The van der Waals surface area contributed by atoms with Crippen molar-refractivity contribution in [3.05, 3.63) is 48.0 Å². The Morgan fingerprint density at radius 2 is 1.82 bits per heavy atom. The van der Waals surface area contributed by atoms with E-state index in [1.807, 2.05) is 0 Å². The number of benzene rings is 2. The summed E-state index contributed by atoms with van der Waals surface area (Å²) >= 11 is 5.70. The molecule has 0 spiro atoms. The molecule has 0 radical (unpaired) electrons. The summed E-state index contributed by atoms with van der Waals surface area (Å²) in [5.74, 6) is 0.738. The van der Waals surface area contributed by atoms with Gasteiger partial charge in [0.15, 0.2) is 0 Å². The predicted molar refractivity (Wildman–Crippen MR) is 75.6 cm³/mol. The fourth-order valence-electron chi connectivity index (χ4n) is 2.06. The molecule has 2 heteroatoms. The fraction of sp³-hybridized carbons (Fsp3) is 0.333. The SMILES string of the molecule is CN(CCCCl)Cc1ccc2ccccc2c1. The molecular weight excluding hydrogens is 230 g/mol. The summed E-state index contributed by atoms with van der Waals surface area (Å²) in [6.45, 7) is 2.04. The lowest BCUT2D eigenvalue weighted by Crippen LogP contribution is -2.19. The second-order valence-electron chi connectivity index (χ2n) is 4.46. The van der Waals surface area contributed by atoms with Gasteiger partial charge in [0.05, 0.1) is 0 Å². The van der Waals surface area contributed by atoms with E-state index in [0.717, 1.165) is 25.4 Å². The van der Waals surface area contributed by atoms with Crippen LogP contribution >= 0.6 is 11.6 Å². The Bertz CT molecular complexity index is 481. The highest BCUT2D eigenvalue weighted by atomic mass is 35.5. The van der Waals surface area contributed by atoms with Crippen molar-refractivity contribution in [1.82, 2.24) is 4.90 Å². The molecule has 0 amide bonds. The Balaban J connectivity index is 2.08. The Morgan fingerprint density at radius 1 is 1.06 bits per heavy atom. The van der Waals surface area contributed by atoms with Crippen molar-refractivity contribution in [3.8, 4) is 0 Å². The van der Waals surface area contributed by atoms with Crippen LogP contribution < -0.4 is 0 Å². The van der Waals surface area contributed by atoms with Crippen LogP contribution in [0.2, 0.25) is 0 Å². The van der Waals surface area contributed by atoms with Gasteiger partial charge < -0.3 is 4.90 Å². The van der Waals surface area contributed by atoms with Gasteiger partial charge in [-0.1, -0.05) is 36.4 Å². The van der Waals surface area contributed by atoms with Crippen molar-refractivity contribution in [2.45, 2.75) is 13.0 Å². The zero-order chi connectivity index (χ0) is 12.1. The predicted octanol–water partition coefficient (Wildman–Crippen LogP) is 3.90. The molecule has 0 aliphatic carbocycles. The van der Waals surface area contributed by atoms with E-state index >= 15 is 0 Å². The van der Waals surface area contributed by atoms with Gasteiger partial charge in [-0.3, -0.25) is 0 Å². The van der Waals surface area contributed by atoms with Gasteiger partial charge in [-0.15, -0.1) is 11.6 Å². The number of rotatable bonds is 5. The van der Waals surface area contributed by atoms with Crippen molar-refractivity contribution >= 4 is 22.4 Å². The summed E-state index contributed by atoms with van der Waals surface area (Å²) in [6, 6.07) is 15.2. The van der Waals surface area contributed by atoms with Gasteiger partial charge in [-0.25, -0.2) is 0 Å². The van der Waals surface area contributed by atoms with E-state index in [1.54, 1.807) is 0 Å². The van der Waals surface area contributed by atoms with E-state index in [1.165, 1.54) is 16.3 Å². The molecular formula is C15H18ClN. The largest absolute Gasteiger partial charge is 0.302 e. The molecule has 0 bridgehead atoms. The Kier molecular flexibility index (Phi) is 4.41. The summed E-state index contributed by atoms with van der Waals surface area (Å²) in [4.78, 5) is 2.31. The van der Waals surface area contributed by atoms with E-state index in [-0.39, 0.29) is 0 Å². The van der Waals surface area contributed by atoms with Crippen LogP contribution in [0.15, 0.2) is 42.5 Å². The van der Waals surface area contributed by atoms with Crippen LogP contribution in [0.4, 0.5) is 0 Å². The van der Waals surface area contributed by atoms with Gasteiger partial charge in [-0.05, 0) is 42.4 Å². The minimum absolute atomic E-state index is 0.738. The quantitative estimate of drug-likeness (QED) is 0.725. The Labute approximate surface area is 108 Å². The molecule has 0 saturated carbocycles. The first-order valence-corrected chi connectivity index (χ1v) is 6.55. The third-order valence-corrected chi connectivity index (χ3v) is 3.21. The van der Waals surface area contributed by atoms with Crippen molar-refractivity contribution in [2.75, 3.05) is 19.5 Å². The van der Waals surface area contributed by atoms with Crippen LogP contribution in [-0.2, 0) is 6.54 Å². The van der Waals surface area contributed by atoms with Gasteiger partial charge in [0.1, 0.15) is 0 Å². The topological polar surface area (TPSA) is 3.24 Å². The minimum Gasteiger partial charge on any atom is -0.302 e. The van der Waals surface area contributed by atoms with Gasteiger partial charge in [-0.2, -0.15) is 0 Å². The van der Waals surface area contributed by atoms with Crippen molar-refractivity contribution in [1.29, 1.82) is 0 Å². The molecule has 0 aliphatic heterocycles. The molecule has 0 atom stereocenters. The number of hydrogen-bond donors (Lipinski definition) is 0. The number of nitrogens with zero attached hydrogens (tertiary/aromatic N) is 1. The first kappa shape index (κ1) is 12.4. The molecule has 0 heterocycles. The standard InChI is InChI=1S/C15H18ClN/c1-17(10-4-9-16)12-13-7-8-14-5-2-3-6-15(14)11-13/h2-3,5-8,11H,4,9-10,12H2,1H3. The monoisotopic (exact) mass is 247 g/mol. The lowest BCUT2D eigenvalue weighted by Gasteiger charge is -2.16. The van der Waals surface area contributed by atoms with Crippen LogP contribution in [0.25, 0.3) is 10.8 Å². The molecule has 2 rings (SSSR count). The lowest BCUT2D eigenvalue weighted by atomic mass is 10.1. The number of hydrogen-bond acceptors (Lipinski definition) is 1. The van der Waals surface area contributed by atoms with E-state index in [4.69, 9.17) is 11.6 Å². The lowest BCUT2D eigenvalue weighted by molar-refractivity contribution is 0.328. The van der Waals surface area contributed by atoms with Gasteiger partial charge in [0.2, 0.25) is 0 Å². The maximum absolute atomic E-state index is 5.70. The van der Waals surface area contributed by atoms with Crippen molar-refractivity contribution in [3.63, 3.8) is 0 Å². The van der Waals surface area contributed by atoms with Crippen molar-refractivity contribution in [2.24, 2.45) is 0 Å². The molecule has 1 nitrogen and oxygen atoms in total. The number of alkyl halides is 1. The Morgan fingerprint density at radius 3 is 2.59 bits per heavy atom. The van der Waals surface area contributed by atoms with Crippen LogP contribution in [0.3, 0.4) is 0 Å². The smallest absolute Gasteiger partial charge is 0.0235 e. The van der Waals surface area contributed by atoms with E-state index in [2.05, 4.69) is 54.4 Å². The fourth-order valence-corrected chi connectivity index (χ4v) is 2.18. The molecule has 2 aromatic carbocycles. The summed E-state index contributed by atoms with van der Waals surface area (Å²) in [5, 5.41) is 2.62. The van der Waals surface area contributed by atoms with Gasteiger partial charge in [0.25, 0.3) is 0 Å². The molecule has 0 aliphatic rings. The summed E-state index contributed by atoms with van der Waals surface area (Å²) in [5.41, 5.74) is 1.36. The summed E-state index contributed by atoms with van der Waals surface area (Å²) < 4.78 is 0. The molecule has 2 aromatic rings. The Hall–Kier alpha value is -1.05. The third kappa shape index (κ3) is 3.45. The normalized spacial score (nSPS) is 11.2. The van der Waals surface area contributed by atoms with E-state index in [9.17, 15) is 0 Å². The average Bonchev–Trinajstić information content (AvgIpc) is 2.36. The minimum atomic E-state index is 0.738. The summed E-state index contributed by atoms with van der Waals surface area (Å²) in [7, 11) is 2.14. The molecule has 0 N–H and O–H groups in total. The van der Waals surface area contributed by atoms with Gasteiger partial charge >= 0.3 is 0 Å². The van der Waals surface area contributed by atoms with Crippen LogP contribution in [-0.4, -0.2) is 24.4 Å². The summed E-state index contributed by atoms with van der Waals surface area (Å²) in [6.07, 6.45) is 1.05. The zero-order valence-electron chi connectivity index (χ0n) is 10.2. The van der Waals surface area contributed by atoms with Crippen LogP contribution in [0.1, 0.15) is 12.0 Å². The second kappa shape index (κ2) is 6.04. The highest BCUT2D eigenvalue weighted by Crippen LogP contribution is 2.16. The maximum atomic E-state index is 5.70. The molecule has 17 heavy (non-hydrogen) atoms. The van der Waals surface area contributed by atoms with Crippen molar-refractivity contribution < 1.29 is 0 Å². The number of fused-ring (bicyclic) bond motifs is 1. The zero-order valence-corrected chi connectivity index (χ0v) is 11.0. The van der Waals surface area contributed by atoms with Crippen LogP contribution in [0, 0.1) is 0 Å². The number of halogens is 1. The van der Waals surface area contributed by atoms with Gasteiger partial charge in [0, 0.05) is 12.4 Å². The molecule has 0 aromatic heterocycles. The maximum Gasteiger partial charge on any atom is 0.0235 e. The highest BCUT2D eigenvalue weighted by molar-refractivity contribution is 6.17. The molecule has 0 fully saturated rings. The second-order valence-corrected chi connectivity index (χ2v) is 4.84. The van der Waals surface area contributed by atoms with Crippen LogP contribution in [0.5, 0.6) is 0 Å². The molecule has 0 unspecified atom stereocenters. The first-order valence-electron chi connectivity index (χ1n) is 6.02. The third-order valence-electron chi connectivity index (χ3n) is 2.94. The molecule has 0 saturated heterocycles. The molecule has 90 valence electrons. The average molecular weight is 248 g/mol. The van der Waals surface area contributed by atoms with E-state index < -0.39 is 0 Å². The van der Waals surface area contributed by atoms with E-state index in [0.29, 0.717) is 0 Å².